The number of fused-ring (bicyclic) bond motifs is 2. The Morgan fingerprint density at radius 2 is 1.89 bits per heavy atom. The van der Waals surface area contributed by atoms with Crippen molar-refractivity contribution in [3.05, 3.63) is 59.9 Å². The van der Waals surface area contributed by atoms with Gasteiger partial charge in [-0.05, 0) is 42.7 Å². The van der Waals surface area contributed by atoms with Crippen LogP contribution in [-0.4, -0.2) is 28.7 Å². The minimum Gasteiger partial charge on any atom is -0.486 e. The molecule has 1 aromatic carbocycles. The lowest BCUT2D eigenvalue weighted by atomic mass is 9.87. The monoisotopic (exact) mass is 363 g/mol. The van der Waals surface area contributed by atoms with Gasteiger partial charge >= 0.3 is 0 Å². The van der Waals surface area contributed by atoms with E-state index in [0.29, 0.717) is 18.8 Å². The van der Waals surface area contributed by atoms with Crippen molar-refractivity contribution >= 4 is 11.4 Å². The Bertz CT molecular complexity index is 1000. The molecule has 0 atom stereocenters. The highest BCUT2D eigenvalue weighted by Crippen LogP contribution is 2.42. The summed E-state index contributed by atoms with van der Waals surface area (Å²) >= 11 is 0. The summed E-state index contributed by atoms with van der Waals surface area (Å²) in [5.41, 5.74) is 2.11. The summed E-state index contributed by atoms with van der Waals surface area (Å²) in [5.74, 6) is 1.44. The van der Waals surface area contributed by atoms with Gasteiger partial charge in [-0.2, -0.15) is 5.10 Å². The quantitative estimate of drug-likeness (QED) is 0.775. The molecule has 1 aliphatic heterocycles. The lowest BCUT2D eigenvalue weighted by Crippen LogP contribution is -2.43. The van der Waals surface area contributed by atoms with Crippen LogP contribution in [0.25, 0.3) is 5.52 Å². The predicted molar refractivity (Wildman–Crippen MR) is 100 cm³/mol. The Morgan fingerprint density at radius 3 is 2.74 bits per heavy atom. The highest BCUT2D eigenvalue weighted by atomic mass is 16.6. The second kappa shape index (κ2) is 6.30. The molecule has 2 aliphatic rings. The predicted octanol–water partition coefficient (Wildman–Crippen LogP) is 3.30. The number of ether oxygens (including phenoxy) is 2. The number of amides is 1. The van der Waals surface area contributed by atoms with Gasteiger partial charge in [0.25, 0.3) is 5.91 Å². The Labute approximate surface area is 157 Å². The number of rotatable bonds is 3. The number of aromatic nitrogens is 2. The summed E-state index contributed by atoms with van der Waals surface area (Å²) in [6.45, 7) is 1.13. The van der Waals surface area contributed by atoms with Gasteiger partial charge in [0, 0.05) is 6.20 Å². The Balaban J connectivity index is 1.49. The number of carbonyl (C=O) groups is 1. The lowest BCUT2D eigenvalue weighted by molar-refractivity contribution is 0.0899. The van der Waals surface area contributed by atoms with E-state index in [1.807, 2.05) is 36.5 Å². The van der Waals surface area contributed by atoms with Gasteiger partial charge in [0.1, 0.15) is 13.2 Å². The normalized spacial score (nSPS) is 17.8. The van der Waals surface area contributed by atoms with Crippen molar-refractivity contribution in [2.45, 2.75) is 31.2 Å². The van der Waals surface area contributed by atoms with E-state index in [0.717, 1.165) is 48.3 Å². The fourth-order valence-corrected chi connectivity index (χ4v) is 4.20. The fraction of sp³-hybridized carbons (Fsp3) is 0.333. The van der Waals surface area contributed by atoms with Crippen molar-refractivity contribution in [2.24, 2.45) is 0 Å². The van der Waals surface area contributed by atoms with Crippen LogP contribution in [0.1, 0.15) is 41.6 Å². The van der Waals surface area contributed by atoms with Gasteiger partial charge in [-0.1, -0.05) is 25.0 Å². The molecule has 1 amide bonds. The zero-order chi connectivity index (χ0) is 18.3. The zero-order valence-electron chi connectivity index (χ0n) is 15.0. The smallest absolute Gasteiger partial charge is 0.255 e. The van der Waals surface area contributed by atoms with Crippen LogP contribution < -0.4 is 14.8 Å². The molecule has 1 fully saturated rings. The number of benzene rings is 1. The summed E-state index contributed by atoms with van der Waals surface area (Å²) in [7, 11) is 0. The van der Waals surface area contributed by atoms with E-state index in [1.54, 1.807) is 10.7 Å². The molecule has 0 radical (unpaired) electrons. The molecule has 0 unspecified atom stereocenters. The third-order valence-electron chi connectivity index (χ3n) is 5.58. The Morgan fingerprint density at radius 1 is 1.07 bits per heavy atom. The van der Waals surface area contributed by atoms with Crippen LogP contribution in [0.3, 0.4) is 0 Å². The summed E-state index contributed by atoms with van der Waals surface area (Å²) in [5, 5.41) is 7.61. The van der Waals surface area contributed by atoms with Crippen molar-refractivity contribution < 1.29 is 14.3 Å². The second-order valence-corrected chi connectivity index (χ2v) is 7.19. The third-order valence-corrected chi connectivity index (χ3v) is 5.58. The number of pyridine rings is 1. The first-order valence-corrected chi connectivity index (χ1v) is 9.40. The maximum atomic E-state index is 13.1. The van der Waals surface area contributed by atoms with Crippen molar-refractivity contribution in [1.82, 2.24) is 14.9 Å². The van der Waals surface area contributed by atoms with E-state index in [1.165, 1.54) is 0 Å². The zero-order valence-corrected chi connectivity index (χ0v) is 15.0. The molecule has 3 heterocycles. The largest absolute Gasteiger partial charge is 0.486 e. The SMILES string of the molecule is O=C(NC1(c2ccc3c(c2)OCCO3)CCCC1)c1cnn2ccccc12. The number of hydrogen-bond acceptors (Lipinski definition) is 4. The summed E-state index contributed by atoms with van der Waals surface area (Å²) in [4.78, 5) is 13.1. The summed E-state index contributed by atoms with van der Waals surface area (Å²) in [6, 6.07) is 11.7. The van der Waals surface area contributed by atoms with Crippen molar-refractivity contribution in [3.8, 4) is 11.5 Å². The van der Waals surface area contributed by atoms with Crippen LogP contribution in [0.4, 0.5) is 0 Å². The van der Waals surface area contributed by atoms with E-state index in [9.17, 15) is 4.79 Å². The average molecular weight is 363 g/mol. The van der Waals surface area contributed by atoms with Gasteiger partial charge in [-0.25, -0.2) is 4.52 Å². The van der Waals surface area contributed by atoms with Gasteiger partial charge in [-0.15, -0.1) is 0 Å². The Kier molecular flexibility index (Phi) is 3.77. The molecule has 5 rings (SSSR count). The molecule has 27 heavy (non-hydrogen) atoms. The van der Waals surface area contributed by atoms with E-state index in [-0.39, 0.29) is 11.4 Å². The molecule has 6 nitrogen and oxygen atoms in total. The second-order valence-electron chi connectivity index (χ2n) is 7.19. The number of carbonyl (C=O) groups excluding carboxylic acids is 1. The molecule has 0 spiro atoms. The van der Waals surface area contributed by atoms with Gasteiger partial charge in [0.05, 0.1) is 22.8 Å². The van der Waals surface area contributed by atoms with Crippen LogP contribution in [0.5, 0.6) is 11.5 Å². The lowest BCUT2D eigenvalue weighted by Gasteiger charge is -2.32. The van der Waals surface area contributed by atoms with Crippen LogP contribution in [0.2, 0.25) is 0 Å². The van der Waals surface area contributed by atoms with Crippen LogP contribution in [0, 0.1) is 0 Å². The Hall–Kier alpha value is -3.02. The molecule has 3 aromatic rings. The number of nitrogens with one attached hydrogen (secondary N) is 1. The maximum absolute atomic E-state index is 13.1. The topological polar surface area (TPSA) is 64.9 Å². The molecule has 2 aromatic heterocycles. The molecule has 1 saturated carbocycles. The van der Waals surface area contributed by atoms with Crippen molar-refractivity contribution in [2.75, 3.05) is 13.2 Å². The first-order valence-electron chi connectivity index (χ1n) is 9.40. The maximum Gasteiger partial charge on any atom is 0.255 e. The molecule has 138 valence electrons. The molecular formula is C21H21N3O3. The van der Waals surface area contributed by atoms with Crippen molar-refractivity contribution in [3.63, 3.8) is 0 Å². The van der Waals surface area contributed by atoms with Crippen molar-refractivity contribution in [1.29, 1.82) is 0 Å². The van der Waals surface area contributed by atoms with Gasteiger partial charge in [0.15, 0.2) is 11.5 Å². The van der Waals surface area contributed by atoms with E-state index in [2.05, 4.69) is 16.5 Å². The minimum absolute atomic E-state index is 0.0898. The summed E-state index contributed by atoms with van der Waals surface area (Å²) < 4.78 is 13.1. The summed E-state index contributed by atoms with van der Waals surface area (Å²) in [6.07, 6.45) is 7.48. The molecule has 0 saturated heterocycles. The molecule has 1 N–H and O–H groups in total. The van der Waals surface area contributed by atoms with E-state index < -0.39 is 0 Å². The van der Waals surface area contributed by atoms with Gasteiger partial charge in [-0.3, -0.25) is 4.79 Å². The first kappa shape index (κ1) is 16.2. The van der Waals surface area contributed by atoms with Gasteiger partial charge in [0.2, 0.25) is 0 Å². The number of nitrogens with zero attached hydrogens (tertiary/aromatic N) is 2. The standard InChI is InChI=1S/C21H21N3O3/c25-20(16-14-22-24-10-4-1-5-17(16)24)23-21(8-2-3-9-21)15-6-7-18-19(13-15)27-12-11-26-18/h1,4-7,10,13-14H,2-3,8-9,11-12H2,(H,23,25). The first-order chi connectivity index (χ1) is 13.3. The molecule has 0 bridgehead atoms. The number of hydrogen-bond donors (Lipinski definition) is 1. The van der Waals surface area contributed by atoms with Crippen LogP contribution in [0.15, 0.2) is 48.8 Å². The van der Waals surface area contributed by atoms with Crippen LogP contribution in [-0.2, 0) is 5.54 Å². The third kappa shape index (κ3) is 2.72. The molecule has 1 aliphatic carbocycles. The van der Waals surface area contributed by atoms with Gasteiger partial charge < -0.3 is 14.8 Å². The highest BCUT2D eigenvalue weighted by Gasteiger charge is 2.38. The van der Waals surface area contributed by atoms with Crippen LogP contribution >= 0.6 is 0 Å². The minimum atomic E-state index is -0.379. The molecule has 6 heteroatoms. The average Bonchev–Trinajstić information content (AvgIpc) is 3.35. The fourth-order valence-electron chi connectivity index (χ4n) is 4.20. The van der Waals surface area contributed by atoms with E-state index in [4.69, 9.17) is 9.47 Å². The highest BCUT2D eigenvalue weighted by molar-refractivity contribution is 6.01. The van der Waals surface area contributed by atoms with E-state index >= 15 is 0 Å². The molecular weight excluding hydrogens is 342 g/mol.